The van der Waals surface area contributed by atoms with Crippen molar-refractivity contribution in [2.24, 2.45) is 5.92 Å². The van der Waals surface area contributed by atoms with Crippen LogP contribution < -0.4 is 5.32 Å². The fourth-order valence-corrected chi connectivity index (χ4v) is 3.89. The minimum absolute atomic E-state index is 0.0215. The first-order valence-corrected chi connectivity index (χ1v) is 7.81. The van der Waals surface area contributed by atoms with Crippen molar-refractivity contribution < 1.29 is 17.6 Å². The molecule has 1 saturated heterocycles. The molecule has 1 aromatic heterocycles. The summed E-state index contributed by atoms with van der Waals surface area (Å²) in [5.41, 5.74) is 0. The van der Waals surface area contributed by atoms with E-state index in [0.29, 0.717) is 12.8 Å². The number of sulfone groups is 1. The average molecular weight is 271 g/mol. The predicted octanol–water partition coefficient (Wildman–Crippen LogP) is 0.762. The first kappa shape index (κ1) is 13.1. The monoisotopic (exact) mass is 271 g/mol. The number of carbonyl (C=O) groups is 1. The number of nitrogens with one attached hydrogen (secondary N) is 1. The number of amides is 1. The molecular formula is C12H17NO4S. The van der Waals surface area contributed by atoms with Crippen molar-refractivity contribution in [1.82, 2.24) is 5.32 Å². The van der Waals surface area contributed by atoms with Crippen molar-refractivity contribution in [3.05, 3.63) is 24.2 Å². The number of furan rings is 1. The van der Waals surface area contributed by atoms with Gasteiger partial charge in [-0.25, -0.2) is 8.42 Å². The molecule has 1 aromatic rings. The molecule has 0 aromatic carbocycles. The van der Waals surface area contributed by atoms with Crippen LogP contribution in [-0.4, -0.2) is 31.9 Å². The van der Waals surface area contributed by atoms with E-state index in [9.17, 15) is 13.2 Å². The van der Waals surface area contributed by atoms with Crippen LogP contribution in [0.2, 0.25) is 0 Å². The van der Waals surface area contributed by atoms with Gasteiger partial charge in [-0.1, -0.05) is 0 Å². The van der Waals surface area contributed by atoms with E-state index < -0.39 is 15.8 Å². The Kier molecular flexibility index (Phi) is 3.75. The summed E-state index contributed by atoms with van der Waals surface area (Å²) < 4.78 is 27.8. The van der Waals surface area contributed by atoms with Crippen LogP contribution in [0.3, 0.4) is 0 Å². The molecule has 0 aliphatic carbocycles. The molecule has 1 amide bonds. The second-order valence-corrected chi connectivity index (χ2v) is 7.02. The molecule has 6 heteroatoms. The van der Waals surface area contributed by atoms with Gasteiger partial charge in [-0.05, 0) is 25.5 Å². The fraction of sp³-hybridized carbons (Fsp3) is 0.583. The lowest BCUT2D eigenvalue weighted by Crippen LogP contribution is -2.38. The van der Waals surface area contributed by atoms with Crippen molar-refractivity contribution in [3.63, 3.8) is 0 Å². The molecule has 5 nitrogen and oxygen atoms in total. The minimum Gasteiger partial charge on any atom is -0.469 e. The van der Waals surface area contributed by atoms with Crippen LogP contribution in [0.15, 0.2) is 22.8 Å². The molecular weight excluding hydrogens is 254 g/mol. The molecule has 18 heavy (non-hydrogen) atoms. The van der Waals surface area contributed by atoms with Gasteiger partial charge in [-0.3, -0.25) is 4.79 Å². The first-order valence-electron chi connectivity index (χ1n) is 5.99. The van der Waals surface area contributed by atoms with Crippen molar-refractivity contribution >= 4 is 15.7 Å². The van der Waals surface area contributed by atoms with Gasteiger partial charge < -0.3 is 9.73 Å². The Bertz CT molecular complexity index is 506. The van der Waals surface area contributed by atoms with Crippen LogP contribution in [0.25, 0.3) is 0 Å². The van der Waals surface area contributed by atoms with E-state index in [-0.39, 0.29) is 23.5 Å². The predicted molar refractivity (Wildman–Crippen MR) is 66.8 cm³/mol. The zero-order valence-corrected chi connectivity index (χ0v) is 11.1. The molecule has 2 atom stereocenters. The van der Waals surface area contributed by atoms with E-state index in [2.05, 4.69) is 5.32 Å². The average Bonchev–Trinajstić information content (AvgIpc) is 2.87. The quantitative estimate of drug-likeness (QED) is 0.877. The number of hydrogen-bond donors (Lipinski definition) is 1. The summed E-state index contributed by atoms with van der Waals surface area (Å²) in [4.78, 5) is 11.9. The maximum atomic E-state index is 11.9. The van der Waals surface area contributed by atoms with Crippen LogP contribution >= 0.6 is 0 Å². The highest BCUT2D eigenvalue weighted by Crippen LogP contribution is 2.18. The summed E-state index contributed by atoms with van der Waals surface area (Å²) in [5.74, 6) is 0.343. The van der Waals surface area contributed by atoms with Gasteiger partial charge in [-0.2, -0.15) is 0 Å². The molecule has 1 aliphatic rings. The van der Waals surface area contributed by atoms with Gasteiger partial charge in [0.2, 0.25) is 5.91 Å². The lowest BCUT2D eigenvalue weighted by atomic mass is 10.1. The Morgan fingerprint density at radius 2 is 2.39 bits per heavy atom. The van der Waals surface area contributed by atoms with Gasteiger partial charge >= 0.3 is 0 Å². The van der Waals surface area contributed by atoms with Gasteiger partial charge in [0.05, 0.1) is 23.7 Å². The standard InChI is InChI=1S/C12H17NO4S/c1-9(7-11-3-2-5-17-11)13-12(14)10-4-6-18(15,16)8-10/h2-3,5,9-10H,4,6-8H2,1H3,(H,13,14)/t9-,10-/m0/s1. The summed E-state index contributed by atoms with van der Waals surface area (Å²) in [6.45, 7) is 1.88. The van der Waals surface area contributed by atoms with E-state index in [1.54, 1.807) is 12.3 Å². The van der Waals surface area contributed by atoms with Crippen molar-refractivity contribution in [3.8, 4) is 0 Å². The van der Waals surface area contributed by atoms with E-state index in [1.165, 1.54) is 0 Å². The van der Waals surface area contributed by atoms with E-state index in [1.807, 2.05) is 13.0 Å². The molecule has 0 unspecified atom stereocenters. The Morgan fingerprint density at radius 3 is 2.94 bits per heavy atom. The highest BCUT2D eigenvalue weighted by molar-refractivity contribution is 7.91. The van der Waals surface area contributed by atoms with Crippen LogP contribution in [0.4, 0.5) is 0 Å². The van der Waals surface area contributed by atoms with Crippen LogP contribution in [0.1, 0.15) is 19.1 Å². The highest BCUT2D eigenvalue weighted by Gasteiger charge is 2.33. The smallest absolute Gasteiger partial charge is 0.224 e. The van der Waals surface area contributed by atoms with Gasteiger partial charge in [0, 0.05) is 12.5 Å². The van der Waals surface area contributed by atoms with Gasteiger partial charge in [-0.15, -0.1) is 0 Å². The normalized spacial score (nSPS) is 23.7. The molecule has 0 spiro atoms. The third-order valence-corrected chi connectivity index (χ3v) is 4.85. The number of carbonyl (C=O) groups excluding carboxylic acids is 1. The lowest BCUT2D eigenvalue weighted by Gasteiger charge is -2.15. The van der Waals surface area contributed by atoms with Gasteiger partial charge in [0.15, 0.2) is 9.84 Å². The van der Waals surface area contributed by atoms with Crippen molar-refractivity contribution in [1.29, 1.82) is 0 Å². The van der Waals surface area contributed by atoms with E-state index >= 15 is 0 Å². The fourth-order valence-electron chi connectivity index (χ4n) is 2.14. The number of rotatable bonds is 4. The maximum Gasteiger partial charge on any atom is 0.224 e. The third-order valence-electron chi connectivity index (χ3n) is 3.08. The first-order chi connectivity index (χ1) is 8.46. The molecule has 2 rings (SSSR count). The van der Waals surface area contributed by atoms with Crippen LogP contribution in [0, 0.1) is 5.92 Å². The third kappa shape index (κ3) is 3.35. The lowest BCUT2D eigenvalue weighted by molar-refractivity contribution is -0.124. The SMILES string of the molecule is C[C@@H](Cc1ccco1)NC(=O)[C@H]1CCS(=O)(=O)C1. The molecule has 1 N–H and O–H groups in total. The zero-order valence-electron chi connectivity index (χ0n) is 10.3. The molecule has 0 saturated carbocycles. The summed E-state index contributed by atoms with van der Waals surface area (Å²) in [6, 6.07) is 3.59. The minimum atomic E-state index is -3.01. The molecule has 1 fully saturated rings. The Labute approximate surface area is 106 Å². The molecule has 2 heterocycles. The topological polar surface area (TPSA) is 76.4 Å². The second kappa shape index (κ2) is 5.14. The van der Waals surface area contributed by atoms with E-state index in [4.69, 9.17) is 4.42 Å². The molecule has 0 bridgehead atoms. The van der Waals surface area contributed by atoms with Gasteiger partial charge in [0.25, 0.3) is 0 Å². The summed E-state index contributed by atoms with van der Waals surface area (Å²) in [6.07, 6.45) is 2.63. The summed E-state index contributed by atoms with van der Waals surface area (Å²) in [7, 11) is -3.01. The Morgan fingerprint density at radius 1 is 1.61 bits per heavy atom. The van der Waals surface area contributed by atoms with Crippen LogP contribution in [-0.2, 0) is 21.1 Å². The van der Waals surface area contributed by atoms with Gasteiger partial charge in [0.1, 0.15) is 5.76 Å². The second-order valence-electron chi connectivity index (χ2n) is 4.79. The zero-order chi connectivity index (χ0) is 13.2. The maximum absolute atomic E-state index is 11.9. The number of hydrogen-bond acceptors (Lipinski definition) is 4. The van der Waals surface area contributed by atoms with E-state index in [0.717, 1.165) is 5.76 Å². The Balaban J connectivity index is 1.84. The molecule has 0 radical (unpaired) electrons. The molecule has 100 valence electrons. The van der Waals surface area contributed by atoms with Crippen molar-refractivity contribution in [2.45, 2.75) is 25.8 Å². The van der Waals surface area contributed by atoms with Crippen LogP contribution in [0.5, 0.6) is 0 Å². The highest BCUT2D eigenvalue weighted by atomic mass is 32.2. The Hall–Kier alpha value is -1.30. The largest absolute Gasteiger partial charge is 0.469 e. The summed E-state index contributed by atoms with van der Waals surface area (Å²) >= 11 is 0. The molecule has 1 aliphatic heterocycles. The summed E-state index contributed by atoms with van der Waals surface area (Å²) in [5, 5.41) is 2.83. The van der Waals surface area contributed by atoms with Crippen molar-refractivity contribution in [2.75, 3.05) is 11.5 Å².